The van der Waals surface area contributed by atoms with E-state index in [0.717, 1.165) is 23.3 Å². The van der Waals surface area contributed by atoms with Crippen molar-refractivity contribution in [1.82, 2.24) is 4.98 Å². The Morgan fingerprint density at radius 1 is 0.857 bits per heavy atom. The van der Waals surface area contributed by atoms with Crippen molar-refractivity contribution in [3.63, 3.8) is 0 Å². The van der Waals surface area contributed by atoms with E-state index in [1.165, 1.54) is 12.1 Å². The Balaban J connectivity index is 1.34. The van der Waals surface area contributed by atoms with Crippen LogP contribution in [0.15, 0.2) is 60.8 Å². The summed E-state index contributed by atoms with van der Waals surface area (Å²) in [5, 5.41) is 0. The molecule has 1 aliphatic heterocycles. The first-order chi connectivity index (χ1) is 13.5. The summed E-state index contributed by atoms with van der Waals surface area (Å²) < 4.78 is 54.1. The molecular formula is C21H16F3NO3. The van der Waals surface area contributed by atoms with Crippen molar-refractivity contribution in [2.75, 3.05) is 6.79 Å². The SMILES string of the molecule is FC(F)(F)c1ccc(CCc2ccc(Oc3ccc4c(c3)OCO4)nc2)cc1. The van der Waals surface area contributed by atoms with Gasteiger partial charge in [0.2, 0.25) is 12.7 Å². The quantitative estimate of drug-likeness (QED) is 0.587. The van der Waals surface area contributed by atoms with Crippen LogP contribution in [0.5, 0.6) is 23.1 Å². The van der Waals surface area contributed by atoms with Crippen molar-refractivity contribution >= 4 is 0 Å². The molecule has 0 N–H and O–H groups in total. The van der Waals surface area contributed by atoms with E-state index in [1.54, 1.807) is 30.5 Å². The molecular weight excluding hydrogens is 371 g/mol. The van der Waals surface area contributed by atoms with E-state index in [0.29, 0.717) is 36.0 Å². The molecule has 0 fully saturated rings. The molecule has 1 aliphatic rings. The molecule has 4 rings (SSSR count). The highest BCUT2D eigenvalue weighted by atomic mass is 19.4. The number of aryl methyl sites for hydroxylation is 2. The molecule has 144 valence electrons. The number of ether oxygens (including phenoxy) is 3. The number of pyridine rings is 1. The zero-order valence-corrected chi connectivity index (χ0v) is 14.7. The lowest BCUT2D eigenvalue weighted by Crippen LogP contribution is -2.04. The van der Waals surface area contributed by atoms with Crippen LogP contribution in [-0.2, 0) is 19.0 Å². The Labute approximate surface area is 159 Å². The van der Waals surface area contributed by atoms with E-state index in [9.17, 15) is 13.2 Å². The van der Waals surface area contributed by atoms with Crippen LogP contribution in [-0.4, -0.2) is 11.8 Å². The molecule has 28 heavy (non-hydrogen) atoms. The van der Waals surface area contributed by atoms with Crippen LogP contribution in [0, 0.1) is 0 Å². The van der Waals surface area contributed by atoms with Gasteiger partial charge in [-0.15, -0.1) is 0 Å². The van der Waals surface area contributed by atoms with E-state index < -0.39 is 11.7 Å². The average molecular weight is 387 g/mol. The summed E-state index contributed by atoms with van der Waals surface area (Å²) in [5.41, 5.74) is 1.18. The maximum atomic E-state index is 12.6. The lowest BCUT2D eigenvalue weighted by molar-refractivity contribution is -0.137. The van der Waals surface area contributed by atoms with E-state index >= 15 is 0 Å². The highest BCUT2D eigenvalue weighted by Gasteiger charge is 2.29. The van der Waals surface area contributed by atoms with Gasteiger partial charge in [-0.25, -0.2) is 4.98 Å². The number of aromatic nitrogens is 1. The van der Waals surface area contributed by atoms with Crippen LogP contribution < -0.4 is 14.2 Å². The average Bonchev–Trinajstić information content (AvgIpc) is 3.15. The first kappa shape index (κ1) is 18.2. The van der Waals surface area contributed by atoms with Gasteiger partial charge in [0, 0.05) is 18.3 Å². The fraction of sp³-hybridized carbons (Fsp3) is 0.190. The Hall–Kier alpha value is -3.22. The maximum Gasteiger partial charge on any atom is 0.416 e. The molecule has 3 aromatic rings. The van der Waals surface area contributed by atoms with Crippen LogP contribution in [0.25, 0.3) is 0 Å². The van der Waals surface area contributed by atoms with Gasteiger partial charge in [0.05, 0.1) is 5.56 Å². The number of alkyl halides is 3. The van der Waals surface area contributed by atoms with Crippen molar-refractivity contribution in [3.8, 4) is 23.1 Å². The molecule has 0 amide bonds. The van der Waals surface area contributed by atoms with Gasteiger partial charge in [0.1, 0.15) is 5.75 Å². The third kappa shape index (κ3) is 4.19. The summed E-state index contributed by atoms with van der Waals surface area (Å²) in [4.78, 5) is 4.28. The molecule has 0 atom stereocenters. The second kappa shape index (κ2) is 7.42. The summed E-state index contributed by atoms with van der Waals surface area (Å²) >= 11 is 0. The van der Waals surface area contributed by atoms with Crippen molar-refractivity contribution in [3.05, 3.63) is 77.5 Å². The van der Waals surface area contributed by atoms with Crippen LogP contribution in [0.3, 0.4) is 0 Å². The number of rotatable bonds is 5. The van der Waals surface area contributed by atoms with Gasteiger partial charge < -0.3 is 14.2 Å². The van der Waals surface area contributed by atoms with Crippen molar-refractivity contribution in [1.29, 1.82) is 0 Å². The molecule has 0 spiro atoms. The lowest BCUT2D eigenvalue weighted by Gasteiger charge is -2.08. The molecule has 0 unspecified atom stereocenters. The van der Waals surface area contributed by atoms with E-state index in [4.69, 9.17) is 14.2 Å². The first-order valence-corrected chi connectivity index (χ1v) is 8.66. The topological polar surface area (TPSA) is 40.6 Å². The van der Waals surface area contributed by atoms with Crippen LogP contribution >= 0.6 is 0 Å². The molecule has 0 radical (unpaired) electrons. The molecule has 0 aliphatic carbocycles. The van der Waals surface area contributed by atoms with Gasteiger partial charge >= 0.3 is 6.18 Å². The van der Waals surface area contributed by atoms with E-state index in [2.05, 4.69) is 4.98 Å². The molecule has 4 nitrogen and oxygen atoms in total. The van der Waals surface area contributed by atoms with Gasteiger partial charge in [-0.1, -0.05) is 18.2 Å². The number of hydrogen-bond donors (Lipinski definition) is 0. The normalized spacial score (nSPS) is 12.8. The second-order valence-electron chi connectivity index (χ2n) is 6.32. The predicted molar refractivity (Wildman–Crippen MR) is 95.7 cm³/mol. The molecule has 0 bridgehead atoms. The molecule has 2 aromatic carbocycles. The van der Waals surface area contributed by atoms with Gasteiger partial charge in [0.25, 0.3) is 0 Å². The highest BCUT2D eigenvalue weighted by Crippen LogP contribution is 2.36. The number of fused-ring (bicyclic) bond motifs is 1. The minimum Gasteiger partial charge on any atom is -0.454 e. The standard InChI is InChI=1S/C21H16F3NO3/c22-21(23,24)16-6-3-14(4-7-16)1-2-15-5-10-20(25-12-15)28-17-8-9-18-19(11-17)27-13-26-18/h3-12H,1-2,13H2. The fourth-order valence-corrected chi connectivity index (χ4v) is 2.83. The summed E-state index contributed by atoms with van der Waals surface area (Å²) in [7, 11) is 0. The van der Waals surface area contributed by atoms with Crippen LogP contribution in [0.2, 0.25) is 0 Å². The second-order valence-corrected chi connectivity index (χ2v) is 6.32. The number of hydrogen-bond acceptors (Lipinski definition) is 4. The van der Waals surface area contributed by atoms with Crippen molar-refractivity contribution in [2.45, 2.75) is 19.0 Å². The molecule has 7 heteroatoms. The molecule has 0 saturated heterocycles. The largest absolute Gasteiger partial charge is 0.454 e. The maximum absolute atomic E-state index is 12.6. The molecule has 1 aromatic heterocycles. The third-order valence-electron chi connectivity index (χ3n) is 4.35. The van der Waals surface area contributed by atoms with Gasteiger partial charge in [-0.05, 0) is 48.2 Å². The third-order valence-corrected chi connectivity index (χ3v) is 4.35. The fourth-order valence-electron chi connectivity index (χ4n) is 2.83. The van der Waals surface area contributed by atoms with Gasteiger partial charge in [-0.3, -0.25) is 0 Å². The summed E-state index contributed by atoms with van der Waals surface area (Å²) in [5.74, 6) is 2.34. The Bertz CT molecular complexity index is 954. The Morgan fingerprint density at radius 2 is 1.57 bits per heavy atom. The smallest absolute Gasteiger partial charge is 0.416 e. The van der Waals surface area contributed by atoms with Gasteiger partial charge in [-0.2, -0.15) is 13.2 Å². The van der Waals surface area contributed by atoms with E-state index in [1.807, 2.05) is 6.07 Å². The molecule has 0 saturated carbocycles. The Kier molecular flexibility index (Phi) is 4.81. The Morgan fingerprint density at radius 3 is 2.29 bits per heavy atom. The van der Waals surface area contributed by atoms with Gasteiger partial charge in [0.15, 0.2) is 11.5 Å². The highest BCUT2D eigenvalue weighted by molar-refractivity contribution is 5.47. The zero-order chi connectivity index (χ0) is 19.6. The summed E-state index contributed by atoms with van der Waals surface area (Å²) in [6.07, 6.45) is -1.31. The van der Waals surface area contributed by atoms with Crippen LogP contribution in [0.1, 0.15) is 16.7 Å². The lowest BCUT2D eigenvalue weighted by atomic mass is 10.0. The van der Waals surface area contributed by atoms with E-state index in [-0.39, 0.29) is 6.79 Å². The monoisotopic (exact) mass is 387 g/mol. The minimum atomic E-state index is -4.31. The van der Waals surface area contributed by atoms with Crippen molar-refractivity contribution < 1.29 is 27.4 Å². The summed E-state index contributed by atoms with van der Waals surface area (Å²) in [6.45, 7) is 0.199. The van der Waals surface area contributed by atoms with Crippen LogP contribution in [0.4, 0.5) is 13.2 Å². The van der Waals surface area contributed by atoms with Crippen molar-refractivity contribution in [2.24, 2.45) is 0 Å². The number of benzene rings is 2. The number of halogens is 3. The first-order valence-electron chi connectivity index (χ1n) is 8.66. The predicted octanol–water partition coefficient (Wildman–Crippen LogP) is 5.41. The molecule has 2 heterocycles. The zero-order valence-electron chi connectivity index (χ0n) is 14.7. The summed E-state index contributed by atoms with van der Waals surface area (Å²) in [6, 6.07) is 14.2. The number of nitrogens with zero attached hydrogens (tertiary/aromatic N) is 1. The minimum absolute atomic E-state index is 0.199.